The SMILES string of the molecule is CC(C)(C)c1cc(C2CC2)[nH]n1.CC(C)(C)c1ccn[nH]1.CC(C)(C)c1nc(C2CC2)cs1.CC(C)(C)c1ncc(C2CC2)s1.CC(C)(C)c1nccs1.CCc1cc(C(C)(C)C)n[nH]1.CCc1cnc(C(C)(C)C)s1.CCc1csc(C(C)(C)C)n1.Cc1cnc(C(C)(C)C)s1.Cc1csc(C(C)(C)C)n1. The lowest BCUT2D eigenvalue weighted by Gasteiger charge is -2.14. The standard InChI is InChI=1S/C10H16N2.2C10H15NS.C9H16N2.2C9H15NS.2C8H13NS.C7H12N2.C7H11NS/c1-10(2,3)9-6-8(11-12-9)7-4-5-7;1-10(2,3)9-11-8(6-12-9)7-4-5-7;1-10(2,3)9-11-6-8(12-9)7-4-5-7;1-5-7-6-8(11-10-7)9(2,3)4;1-5-7-6-11-8(10-7)9(2,3)4;1-5-7-6-10-8(11-7)9(2,3)4;1-6-5-10-7(9-6)8(2,3)4;1-6-5-9-7(10-6)8(2,3)4;1-7(2,3)6-4-5-8-9-6;1-7(2,3)6-8-4-5-9-6/h6-7H,4-5H2,1-3H3,(H,11,12);2*6-7H,4-5H2,1-3H3;6H,5H2,1-4H3,(H,10,11);2*6H,5H2,1-4H3;2*5H,1-4H3;4-5H,1-3H3,(H,8,9);4-5H,1-3H3. The van der Waals surface area contributed by atoms with Crippen molar-refractivity contribution >= 4 is 79.4 Å². The summed E-state index contributed by atoms with van der Waals surface area (Å²) in [6.07, 6.45) is 21.0. The molecule has 10 aromatic heterocycles. The van der Waals surface area contributed by atoms with Crippen molar-refractivity contribution in [2.45, 2.75) is 372 Å². The Morgan fingerprint density at radius 3 is 1.15 bits per heavy atom. The molecule has 596 valence electrons. The van der Waals surface area contributed by atoms with Crippen molar-refractivity contribution in [1.82, 2.24) is 65.5 Å². The number of aromatic amines is 3. The smallest absolute Gasteiger partial charge is 0.0981 e. The number of thiazole rings is 7. The fourth-order valence-electron chi connectivity index (χ4n) is 8.94. The summed E-state index contributed by atoms with van der Waals surface area (Å²) < 4.78 is 0. The maximum Gasteiger partial charge on any atom is 0.0981 e. The molecule has 3 fully saturated rings. The average molecular weight is 1590 g/mol. The summed E-state index contributed by atoms with van der Waals surface area (Å²) in [5, 5.41) is 38.7. The molecule has 0 bridgehead atoms. The van der Waals surface area contributed by atoms with Gasteiger partial charge in [0.05, 0.1) is 57.8 Å². The van der Waals surface area contributed by atoms with E-state index in [-0.39, 0.29) is 54.1 Å². The van der Waals surface area contributed by atoms with E-state index in [1.54, 1.807) is 51.5 Å². The molecule has 0 spiro atoms. The molecule has 13 nitrogen and oxygen atoms in total. The monoisotopic (exact) mass is 1590 g/mol. The van der Waals surface area contributed by atoms with Crippen LogP contribution < -0.4 is 0 Å². The van der Waals surface area contributed by atoms with Gasteiger partial charge in [-0.05, 0) is 95.8 Å². The highest BCUT2D eigenvalue weighted by molar-refractivity contribution is 7.12. The van der Waals surface area contributed by atoms with Gasteiger partial charge in [0, 0.05) is 156 Å². The minimum Gasteiger partial charge on any atom is -0.282 e. The summed E-state index contributed by atoms with van der Waals surface area (Å²) in [5.74, 6) is 2.45. The van der Waals surface area contributed by atoms with Crippen molar-refractivity contribution in [3.63, 3.8) is 0 Å². The molecule has 0 atom stereocenters. The fraction of sp³-hybridized carbons (Fsp3) is 0.655. The number of rotatable bonds is 6. The van der Waals surface area contributed by atoms with Crippen LogP contribution in [0.3, 0.4) is 0 Å². The molecular weight excluding hydrogens is 1450 g/mol. The number of hydrogen-bond donors (Lipinski definition) is 3. The van der Waals surface area contributed by atoms with E-state index in [1.807, 2.05) is 71.0 Å². The topological polar surface area (TPSA) is 176 Å². The lowest BCUT2D eigenvalue weighted by molar-refractivity contribution is 0.566. The Morgan fingerprint density at radius 2 is 0.850 bits per heavy atom. The van der Waals surface area contributed by atoms with Crippen LogP contribution in [0.2, 0.25) is 0 Å². The summed E-state index contributed by atoms with van der Waals surface area (Å²) in [6.45, 7) is 76.3. The van der Waals surface area contributed by atoms with Gasteiger partial charge in [0.1, 0.15) is 0 Å². The first-order valence-electron chi connectivity index (χ1n) is 38.7. The zero-order valence-corrected chi connectivity index (χ0v) is 78.6. The highest BCUT2D eigenvalue weighted by Crippen LogP contribution is 2.45. The first kappa shape index (κ1) is 94.4. The lowest BCUT2D eigenvalue weighted by Crippen LogP contribution is -2.11. The Hall–Kier alpha value is -4.96. The van der Waals surface area contributed by atoms with Gasteiger partial charge < -0.3 is 0 Å². The molecule has 3 aliphatic carbocycles. The van der Waals surface area contributed by atoms with Crippen molar-refractivity contribution in [3.05, 3.63) is 166 Å². The van der Waals surface area contributed by atoms with Crippen molar-refractivity contribution in [2.24, 2.45) is 0 Å². The molecule has 3 aliphatic rings. The molecule has 3 saturated carbocycles. The van der Waals surface area contributed by atoms with Crippen LogP contribution >= 0.6 is 79.4 Å². The molecule has 10 heterocycles. The summed E-state index contributed by atoms with van der Waals surface area (Å²) in [5.41, 5.74) is 11.9. The van der Waals surface area contributed by atoms with E-state index >= 15 is 0 Å². The highest BCUT2D eigenvalue weighted by atomic mass is 32.1. The average Bonchev–Trinajstić information content (AvgIpc) is 1.67. The van der Waals surface area contributed by atoms with Gasteiger partial charge in [-0.3, -0.25) is 15.3 Å². The van der Waals surface area contributed by atoms with Crippen molar-refractivity contribution in [1.29, 1.82) is 0 Å². The van der Waals surface area contributed by atoms with Crippen molar-refractivity contribution in [2.75, 3.05) is 0 Å². The molecule has 107 heavy (non-hydrogen) atoms. The minimum atomic E-state index is 0.171. The van der Waals surface area contributed by atoms with Crippen LogP contribution in [0.5, 0.6) is 0 Å². The Morgan fingerprint density at radius 1 is 0.383 bits per heavy atom. The highest BCUT2D eigenvalue weighted by Gasteiger charge is 2.31. The molecule has 13 rings (SSSR count). The molecule has 10 aromatic rings. The van der Waals surface area contributed by atoms with Crippen LogP contribution in [0, 0.1) is 13.8 Å². The Labute approximate surface area is 677 Å². The van der Waals surface area contributed by atoms with Gasteiger partial charge in [0.25, 0.3) is 0 Å². The van der Waals surface area contributed by atoms with Gasteiger partial charge in [-0.2, -0.15) is 15.3 Å². The predicted octanol–water partition coefficient (Wildman–Crippen LogP) is 27.1. The molecule has 3 N–H and O–H groups in total. The second-order valence-electron chi connectivity index (χ2n) is 38.7. The molecule has 0 unspecified atom stereocenters. The first-order valence-corrected chi connectivity index (χ1v) is 44.7. The van der Waals surface area contributed by atoms with Crippen LogP contribution in [0.1, 0.15) is 380 Å². The van der Waals surface area contributed by atoms with Crippen LogP contribution in [-0.2, 0) is 73.4 Å². The molecular formula is C87H141N13S7. The molecule has 0 saturated heterocycles. The largest absolute Gasteiger partial charge is 0.282 e. The second-order valence-corrected chi connectivity index (χ2v) is 45.6. The number of aromatic nitrogens is 13. The summed E-state index contributed by atoms with van der Waals surface area (Å²) in [7, 11) is 0. The Bertz CT molecular complexity index is 3690. The summed E-state index contributed by atoms with van der Waals surface area (Å²) >= 11 is 12.6. The van der Waals surface area contributed by atoms with Crippen molar-refractivity contribution in [3.8, 4) is 0 Å². The van der Waals surface area contributed by atoms with Crippen LogP contribution in [0.15, 0.2) is 70.7 Å². The van der Waals surface area contributed by atoms with Gasteiger partial charge in [0.15, 0.2) is 0 Å². The van der Waals surface area contributed by atoms with E-state index in [9.17, 15) is 0 Å². The summed E-state index contributed by atoms with van der Waals surface area (Å²) in [6, 6.07) is 6.36. The van der Waals surface area contributed by atoms with Gasteiger partial charge in [-0.15, -0.1) is 79.4 Å². The van der Waals surface area contributed by atoms with E-state index < -0.39 is 0 Å². The zero-order valence-electron chi connectivity index (χ0n) is 72.9. The number of nitrogens with one attached hydrogen (secondary N) is 3. The molecule has 20 heteroatoms. The quantitative estimate of drug-likeness (QED) is 0.145. The van der Waals surface area contributed by atoms with E-state index in [1.165, 1.54) is 122 Å². The van der Waals surface area contributed by atoms with Crippen LogP contribution in [0.4, 0.5) is 0 Å². The van der Waals surface area contributed by atoms with Gasteiger partial charge >= 0.3 is 0 Å². The van der Waals surface area contributed by atoms with Gasteiger partial charge in [-0.25, -0.2) is 34.9 Å². The fourth-order valence-corrected chi connectivity index (χ4v) is 15.4. The number of aryl methyl sites for hydroxylation is 5. The second kappa shape index (κ2) is 40.0. The third kappa shape index (κ3) is 35.1. The normalized spacial score (nSPS) is 14.1. The van der Waals surface area contributed by atoms with Gasteiger partial charge in [0.2, 0.25) is 0 Å². The molecule has 0 aromatic carbocycles. The Balaban J connectivity index is 0.000000252. The van der Waals surface area contributed by atoms with Crippen molar-refractivity contribution < 1.29 is 0 Å². The number of nitrogens with zero attached hydrogens (tertiary/aromatic N) is 10. The maximum absolute atomic E-state index is 4.66. The van der Waals surface area contributed by atoms with Gasteiger partial charge in [-0.1, -0.05) is 228 Å². The third-order valence-electron chi connectivity index (χ3n) is 16.5. The van der Waals surface area contributed by atoms with E-state index in [0.29, 0.717) is 0 Å². The predicted molar refractivity (Wildman–Crippen MR) is 471 cm³/mol. The molecule has 0 aliphatic heterocycles. The van der Waals surface area contributed by atoms with E-state index in [0.717, 1.165) is 48.4 Å². The Kier molecular flexibility index (Phi) is 35.3. The van der Waals surface area contributed by atoms with E-state index in [2.05, 4.69) is 335 Å². The molecule has 0 radical (unpaired) electrons. The number of H-pyrrole nitrogens is 3. The first-order chi connectivity index (χ1) is 49.0. The maximum atomic E-state index is 4.66. The summed E-state index contributed by atoms with van der Waals surface area (Å²) in [4.78, 5) is 35.1. The van der Waals surface area contributed by atoms with E-state index in [4.69, 9.17) is 0 Å². The lowest BCUT2D eigenvalue weighted by atomic mass is 9.92. The zero-order chi connectivity index (χ0) is 81.1. The van der Waals surface area contributed by atoms with Crippen LogP contribution in [-0.4, -0.2) is 65.5 Å². The third-order valence-corrected chi connectivity index (χ3v) is 26.2. The van der Waals surface area contributed by atoms with Crippen LogP contribution in [0.25, 0.3) is 0 Å². The number of hydrogen-bond acceptors (Lipinski definition) is 17. The minimum absolute atomic E-state index is 0.171. The molecule has 0 amide bonds.